The van der Waals surface area contributed by atoms with E-state index in [1.165, 1.54) is 7.11 Å². The Hall–Kier alpha value is 0.0400. The van der Waals surface area contributed by atoms with E-state index in [-0.39, 0.29) is 12.9 Å². The van der Waals surface area contributed by atoms with Crippen LogP contribution in [0.15, 0.2) is 0 Å². The van der Waals surface area contributed by atoms with Gasteiger partial charge in [-0.05, 0) is 15.9 Å². The lowest BCUT2D eigenvalue weighted by Crippen LogP contribution is -2.28. The van der Waals surface area contributed by atoms with Crippen LogP contribution in [0.1, 0.15) is 6.92 Å². The van der Waals surface area contributed by atoms with Gasteiger partial charge >= 0.3 is 0 Å². The van der Waals surface area contributed by atoms with Gasteiger partial charge < -0.3 is 4.74 Å². The first-order chi connectivity index (χ1) is 4.54. The van der Waals surface area contributed by atoms with Gasteiger partial charge in [-0.15, -0.1) is 0 Å². The standard InChI is InChI=1S/C6H10BrFO2/c1-5(3-10-2)6(7,8)4-9/h4-5H,3H2,1-2H3. The third-order valence-corrected chi connectivity index (χ3v) is 2.20. The van der Waals surface area contributed by atoms with E-state index < -0.39 is 10.5 Å². The van der Waals surface area contributed by atoms with Crippen molar-refractivity contribution in [2.45, 2.75) is 11.5 Å². The highest BCUT2D eigenvalue weighted by atomic mass is 79.9. The first kappa shape index (κ1) is 10.0. The second-order valence-corrected chi connectivity index (χ2v) is 3.36. The normalized spacial score (nSPS) is 19.6. The van der Waals surface area contributed by atoms with Gasteiger partial charge in [-0.1, -0.05) is 6.92 Å². The van der Waals surface area contributed by atoms with E-state index in [1.54, 1.807) is 6.92 Å². The van der Waals surface area contributed by atoms with Crippen LogP contribution in [0.4, 0.5) is 4.39 Å². The molecule has 4 heteroatoms. The molecule has 0 aliphatic rings. The molecule has 0 saturated heterocycles. The molecule has 60 valence electrons. The van der Waals surface area contributed by atoms with E-state index in [9.17, 15) is 9.18 Å². The van der Waals surface area contributed by atoms with E-state index in [0.29, 0.717) is 0 Å². The number of carbonyl (C=O) groups excluding carboxylic acids is 1. The van der Waals surface area contributed by atoms with Crippen molar-refractivity contribution >= 4 is 22.2 Å². The topological polar surface area (TPSA) is 26.3 Å². The maximum atomic E-state index is 12.9. The summed E-state index contributed by atoms with van der Waals surface area (Å²) in [4.78, 5) is 10.1. The lowest BCUT2D eigenvalue weighted by Gasteiger charge is -2.18. The van der Waals surface area contributed by atoms with Crippen LogP contribution in [0.2, 0.25) is 0 Å². The number of methoxy groups -OCH3 is 1. The molecule has 0 aromatic carbocycles. The summed E-state index contributed by atoms with van der Waals surface area (Å²) >= 11 is 2.63. The summed E-state index contributed by atoms with van der Waals surface area (Å²) in [6, 6.07) is 0. The minimum Gasteiger partial charge on any atom is -0.384 e. The van der Waals surface area contributed by atoms with Crippen LogP contribution < -0.4 is 0 Å². The summed E-state index contributed by atoms with van der Waals surface area (Å²) in [6.45, 7) is 1.81. The molecular formula is C6H10BrFO2. The zero-order chi connectivity index (χ0) is 8.20. The average Bonchev–Trinajstić information content (AvgIpc) is 1.89. The van der Waals surface area contributed by atoms with E-state index >= 15 is 0 Å². The van der Waals surface area contributed by atoms with Gasteiger partial charge in [0.1, 0.15) is 0 Å². The molecule has 2 nitrogen and oxygen atoms in total. The molecule has 0 amide bonds. The molecule has 0 fully saturated rings. The number of rotatable bonds is 4. The summed E-state index contributed by atoms with van der Waals surface area (Å²) in [5, 5.41) is 0. The van der Waals surface area contributed by atoms with Crippen LogP contribution >= 0.6 is 15.9 Å². The summed E-state index contributed by atoms with van der Waals surface area (Å²) < 4.78 is 15.6. The molecule has 0 rings (SSSR count). The quantitative estimate of drug-likeness (QED) is 0.522. The minimum atomic E-state index is -1.94. The first-order valence-corrected chi connectivity index (χ1v) is 3.67. The number of alkyl halides is 2. The molecular weight excluding hydrogens is 203 g/mol. The van der Waals surface area contributed by atoms with Gasteiger partial charge in [0.2, 0.25) is 4.58 Å². The Kier molecular flexibility index (Phi) is 4.05. The van der Waals surface area contributed by atoms with Crippen molar-refractivity contribution in [3.8, 4) is 0 Å². The Morgan fingerprint density at radius 1 is 1.90 bits per heavy atom. The minimum absolute atomic E-state index is 0.223. The summed E-state index contributed by atoms with van der Waals surface area (Å²) in [6.07, 6.45) is 0.233. The fraction of sp³-hybridized carbons (Fsp3) is 0.833. The van der Waals surface area contributed by atoms with Gasteiger partial charge in [0.15, 0.2) is 6.29 Å². The van der Waals surface area contributed by atoms with Crippen LogP contribution in [-0.2, 0) is 9.53 Å². The second-order valence-electron chi connectivity index (χ2n) is 2.15. The molecule has 2 atom stereocenters. The smallest absolute Gasteiger partial charge is 0.224 e. The van der Waals surface area contributed by atoms with Crippen molar-refractivity contribution < 1.29 is 13.9 Å². The van der Waals surface area contributed by atoms with Gasteiger partial charge in [0, 0.05) is 13.0 Å². The molecule has 10 heavy (non-hydrogen) atoms. The molecule has 0 heterocycles. The predicted molar refractivity (Wildman–Crippen MR) is 39.9 cm³/mol. The van der Waals surface area contributed by atoms with Gasteiger partial charge in [-0.2, -0.15) is 0 Å². The highest BCUT2D eigenvalue weighted by Crippen LogP contribution is 2.26. The Bertz CT molecular complexity index is 116. The molecule has 0 N–H and O–H groups in total. The van der Waals surface area contributed by atoms with Gasteiger partial charge in [0.05, 0.1) is 6.61 Å². The fourth-order valence-electron chi connectivity index (χ4n) is 0.477. The molecule has 0 saturated carbocycles. The number of hydrogen-bond acceptors (Lipinski definition) is 2. The van der Waals surface area contributed by atoms with Gasteiger partial charge in [-0.3, -0.25) is 4.79 Å². The third-order valence-electron chi connectivity index (χ3n) is 1.23. The maximum absolute atomic E-state index is 12.9. The number of ether oxygens (including phenoxy) is 1. The largest absolute Gasteiger partial charge is 0.384 e. The van der Waals surface area contributed by atoms with Crippen LogP contribution in [0.3, 0.4) is 0 Å². The molecule has 0 spiro atoms. The first-order valence-electron chi connectivity index (χ1n) is 2.87. The molecule has 0 aromatic heterocycles. The highest BCUT2D eigenvalue weighted by molar-refractivity contribution is 9.10. The molecule has 2 unspecified atom stereocenters. The van der Waals surface area contributed by atoms with Crippen molar-refractivity contribution in [1.82, 2.24) is 0 Å². The maximum Gasteiger partial charge on any atom is 0.224 e. The highest BCUT2D eigenvalue weighted by Gasteiger charge is 2.32. The number of hydrogen-bond donors (Lipinski definition) is 0. The SMILES string of the molecule is COCC(C)C(F)(Br)C=O. The van der Waals surface area contributed by atoms with E-state index in [0.717, 1.165) is 0 Å². The average molecular weight is 213 g/mol. The Labute approximate surface area is 67.9 Å². The van der Waals surface area contributed by atoms with Gasteiger partial charge in [-0.25, -0.2) is 4.39 Å². The lowest BCUT2D eigenvalue weighted by molar-refractivity contribution is -0.115. The number of halogens is 2. The summed E-state index contributed by atoms with van der Waals surface area (Å²) in [5.74, 6) is -0.463. The summed E-state index contributed by atoms with van der Waals surface area (Å²) in [7, 11) is 1.46. The van der Waals surface area contributed by atoms with Crippen molar-refractivity contribution in [3.63, 3.8) is 0 Å². The zero-order valence-corrected chi connectivity index (χ0v) is 7.52. The summed E-state index contributed by atoms with van der Waals surface area (Å²) in [5.41, 5.74) is 0. The van der Waals surface area contributed by atoms with Crippen molar-refractivity contribution in [2.75, 3.05) is 13.7 Å². The van der Waals surface area contributed by atoms with E-state index in [1.807, 2.05) is 0 Å². The van der Waals surface area contributed by atoms with Crippen LogP contribution in [0, 0.1) is 5.92 Å². The molecule has 0 aromatic rings. The molecule has 0 aliphatic carbocycles. The molecule has 0 radical (unpaired) electrons. The Morgan fingerprint density at radius 3 is 2.70 bits per heavy atom. The van der Waals surface area contributed by atoms with Crippen molar-refractivity contribution in [1.29, 1.82) is 0 Å². The molecule has 0 aliphatic heterocycles. The Morgan fingerprint density at radius 2 is 2.40 bits per heavy atom. The fourth-order valence-corrected chi connectivity index (χ4v) is 0.609. The second kappa shape index (κ2) is 4.03. The Balaban J connectivity index is 3.90. The molecule has 0 bridgehead atoms. The van der Waals surface area contributed by atoms with E-state index in [4.69, 9.17) is 0 Å². The zero-order valence-electron chi connectivity index (χ0n) is 5.93. The van der Waals surface area contributed by atoms with Crippen LogP contribution in [-0.4, -0.2) is 24.6 Å². The van der Waals surface area contributed by atoms with Crippen LogP contribution in [0.25, 0.3) is 0 Å². The number of carbonyl (C=O) groups is 1. The van der Waals surface area contributed by atoms with Crippen LogP contribution in [0.5, 0.6) is 0 Å². The number of aldehydes is 1. The monoisotopic (exact) mass is 212 g/mol. The lowest BCUT2D eigenvalue weighted by atomic mass is 10.1. The third kappa shape index (κ3) is 2.75. The van der Waals surface area contributed by atoms with E-state index in [2.05, 4.69) is 20.7 Å². The van der Waals surface area contributed by atoms with Crippen molar-refractivity contribution in [2.24, 2.45) is 5.92 Å². The van der Waals surface area contributed by atoms with Crippen molar-refractivity contribution in [3.05, 3.63) is 0 Å². The van der Waals surface area contributed by atoms with Gasteiger partial charge in [0.25, 0.3) is 0 Å². The predicted octanol–water partition coefficient (Wildman–Crippen LogP) is 1.53.